The van der Waals surface area contributed by atoms with Gasteiger partial charge in [-0.3, -0.25) is 14.2 Å². The zero-order valence-electron chi connectivity index (χ0n) is 14.4. The SMILES string of the molecule is Cc1nc2ccccc2c(=O)n1CC(=O)NC[C@@H](C)c1ccccc1. The molecule has 3 aromatic rings. The largest absolute Gasteiger partial charge is 0.354 e. The lowest BCUT2D eigenvalue weighted by Gasteiger charge is -2.14. The van der Waals surface area contributed by atoms with Gasteiger partial charge < -0.3 is 5.32 Å². The Morgan fingerprint density at radius 3 is 2.56 bits per heavy atom. The van der Waals surface area contributed by atoms with Crippen molar-refractivity contribution in [3.8, 4) is 0 Å². The van der Waals surface area contributed by atoms with Crippen molar-refractivity contribution in [3.05, 3.63) is 76.3 Å². The molecule has 128 valence electrons. The fourth-order valence-corrected chi connectivity index (χ4v) is 2.83. The molecule has 3 rings (SSSR count). The predicted molar refractivity (Wildman–Crippen MR) is 98.6 cm³/mol. The van der Waals surface area contributed by atoms with Gasteiger partial charge in [-0.15, -0.1) is 0 Å². The number of amides is 1. The lowest BCUT2D eigenvalue weighted by atomic mass is 10.0. The molecule has 5 heteroatoms. The fourth-order valence-electron chi connectivity index (χ4n) is 2.83. The maximum absolute atomic E-state index is 12.6. The van der Waals surface area contributed by atoms with E-state index in [9.17, 15) is 9.59 Å². The van der Waals surface area contributed by atoms with Crippen LogP contribution in [0.15, 0.2) is 59.4 Å². The van der Waals surface area contributed by atoms with Crippen LogP contribution in [-0.2, 0) is 11.3 Å². The number of aryl methyl sites for hydroxylation is 1. The number of carbonyl (C=O) groups excluding carboxylic acids is 1. The van der Waals surface area contributed by atoms with E-state index in [0.29, 0.717) is 23.3 Å². The Morgan fingerprint density at radius 2 is 1.80 bits per heavy atom. The quantitative estimate of drug-likeness (QED) is 0.779. The Bertz CT molecular complexity index is 948. The van der Waals surface area contributed by atoms with E-state index in [2.05, 4.69) is 17.2 Å². The van der Waals surface area contributed by atoms with Crippen molar-refractivity contribution in [2.45, 2.75) is 26.3 Å². The number of fused-ring (bicyclic) bond motifs is 1. The highest BCUT2D eigenvalue weighted by Gasteiger charge is 2.12. The summed E-state index contributed by atoms with van der Waals surface area (Å²) in [4.78, 5) is 29.3. The first-order valence-corrected chi connectivity index (χ1v) is 8.34. The maximum Gasteiger partial charge on any atom is 0.261 e. The molecule has 0 aliphatic rings. The number of benzene rings is 2. The number of para-hydroxylation sites is 1. The van der Waals surface area contributed by atoms with Crippen LogP contribution in [0.3, 0.4) is 0 Å². The van der Waals surface area contributed by atoms with Crippen molar-refractivity contribution >= 4 is 16.8 Å². The van der Waals surface area contributed by atoms with Gasteiger partial charge in [-0.05, 0) is 30.5 Å². The monoisotopic (exact) mass is 335 g/mol. The third-order valence-electron chi connectivity index (χ3n) is 4.33. The first-order chi connectivity index (χ1) is 12.1. The highest BCUT2D eigenvalue weighted by molar-refractivity contribution is 5.79. The van der Waals surface area contributed by atoms with Gasteiger partial charge in [-0.2, -0.15) is 0 Å². The standard InChI is InChI=1S/C20H21N3O2/c1-14(16-8-4-3-5-9-16)12-21-19(24)13-23-15(2)22-18-11-7-6-10-17(18)20(23)25/h3-11,14H,12-13H2,1-2H3,(H,21,24)/t14-/m1/s1. The Morgan fingerprint density at radius 1 is 1.12 bits per heavy atom. The molecule has 1 amide bonds. The number of aromatic nitrogens is 2. The number of rotatable bonds is 5. The third kappa shape index (κ3) is 3.76. The molecule has 0 bridgehead atoms. The first kappa shape index (κ1) is 16.9. The Hall–Kier alpha value is -2.95. The summed E-state index contributed by atoms with van der Waals surface area (Å²) in [5, 5.41) is 3.43. The van der Waals surface area contributed by atoms with Crippen molar-refractivity contribution < 1.29 is 4.79 Å². The fraction of sp³-hybridized carbons (Fsp3) is 0.250. The second kappa shape index (κ2) is 7.30. The van der Waals surface area contributed by atoms with Crippen molar-refractivity contribution in [2.24, 2.45) is 0 Å². The van der Waals surface area contributed by atoms with Gasteiger partial charge in [0.25, 0.3) is 5.56 Å². The predicted octanol–water partition coefficient (Wildman–Crippen LogP) is 2.62. The van der Waals surface area contributed by atoms with Crippen LogP contribution in [0.5, 0.6) is 0 Å². The molecule has 0 saturated carbocycles. The summed E-state index contributed by atoms with van der Waals surface area (Å²) in [6, 6.07) is 17.2. The highest BCUT2D eigenvalue weighted by atomic mass is 16.2. The molecule has 1 atom stereocenters. The molecular weight excluding hydrogens is 314 g/mol. The van der Waals surface area contributed by atoms with Gasteiger partial charge in [0.2, 0.25) is 5.91 Å². The van der Waals surface area contributed by atoms with Crippen molar-refractivity contribution in [1.29, 1.82) is 0 Å². The molecule has 0 fully saturated rings. The van der Waals surface area contributed by atoms with E-state index < -0.39 is 0 Å². The van der Waals surface area contributed by atoms with Gasteiger partial charge in [0, 0.05) is 6.54 Å². The van der Waals surface area contributed by atoms with Gasteiger partial charge >= 0.3 is 0 Å². The average Bonchev–Trinajstić information content (AvgIpc) is 2.64. The second-order valence-electron chi connectivity index (χ2n) is 6.18. The van der Waals surface area contributed by atoms with Crippen LogP contribution >= 0.6 is 0 Å². The minimum atomic E-state index is -0.190. The van der Waals surface area contributed by atoms with Crippen LogP contribution in [0.25, 0.3) is 10.9 Å². The van der Waals surface area contributed by atoms with Crippen LogP contribution in [0.1, 0.15) is 24.2 Å². The topological polar surface area (TPSA) is 64.0 Å². The minimum absolute atomic E-state index is 0.0238. The van der Waals surface area contributed by atoms with Crippen LogP contribution < -0.4 is 10.9 Å². The van der Waals surface area contributed by atoms with E-state index in [-0.39, 0.29) is 23.9 Å². The van der Waals surface area contributed by atoms with Crippen LogP contribution in [0.2, 0.25) is 0 Å². The van der Waals surface area contributed by atoms with Crippen LogP contribution in [-0.4, -0.2) is 22.0 Å². The van der Waals surface area contributed by atoms with E-state index >= 15 is 0 Å². The van der Waals surface area contributed by atoms with Crippen molar-refractivity contribution in [2.75, 3.05) is 6.54 Å². The number of nitrogens with one attached hydrogen (secondary N) is 1. The lowest BCUT2D eigenvalue weighted by Crippen LogP contribution is -2.35. The summed E-state index contributed by atoms with van der Waals surface area (Å²) >= 11 is 0. The molecule has 0 saturated heterocycles. The molecular formula is C20H21N3O2. The number of hydrogen-bond acceptors (Lipinski definition) is 3. The molecule has 0 aliphatic heterocycles. The molecule has 1 heterocycles. The van der Waals surface area contributed by atoms with E-state index in [1.807, 2.05) is 36.4 Å². The molecule has 0 aliphatic carbocycles. The van der Waals surface area contributed by atoms with Gasteiger partial charge in [-0.1, -0.05) is 49.4 Å². The van der Waals surface area contributed by atoms with E-state index in [1.54, 1.807) is 25.1 Å². The molecule has 0 spiro atoms. The molecule has 0 radical (unpaired) electrons. The van der Waals surface area contributed by atoms with Crippen LogP contribution in [0, 0.1) is 6.92 Å². The van der Waals surface area contributed by atoms with Crippen molar-refractivity contribution in [1.82, 2.24) is 14.9 Å². The molecule has 1 aromatic heterocycles. The summed E-state index contributed by atoms with van der Waals surface area (Å²) in [6.45, 7) is 4.31. The summed E-state index contributed by atoms with van der Waals surface area (Å²) in [6.07, 6.45) is 0. The molecule has 5 nitrogen and oxygen atoms in total. The lowest BCUT2D eigenvalue weighted by molar-refractivity contribution is -0.121. The van der Waals surface area contributed by atoms with Gasteiger partial charge in [0.1, 0.15) is 12.4 Å². The zero-order valence-corrected chi connectivity index (χ0v) is 14.4. The number of hydrogen-bond donors (Lipinski definition) is 1. The third-order valence-corrected chi connectivity index (χ3v) is 4.33. The summed E-state index contributed by atoms with van der Waals surface area (Å²) in [5.41, 5.74) is 1.64. The second-order valence-corrected chi connectivity index (χ2v) is 6.18. The first-order valence-electron chi connectivity index (χ1n) is 8.34. The van der Waals surface area contributed by atoms with Crippen LogP contribution in [0.4, 0.5) is 0 Å². The van der Waals surface area contributed by atoms with E-state index in [1.165, 1.54) is 10.1 Å². The normalized spacial score (nSPS) is 12.1. The summed E-state index contributed by atoms with van der Waals surface area (Å²) < 4.78 is 1.42. The van der Waals surface area contributed by atoms with E-state index in [4.69, 9.17) is 0 Å². The van der Waals surface area contributed by atoms with Gasteiger partial charge in [0.15, 0.2) is 0 Å². The van der Waals surface area contributed by atoms with Gasteiger partial charge in [0.05, 0.1) is 10.9 Å². The smallest absolute Gasteiger partial charge is 0.261 e. The highest BCUT2D eigenvalue weighted by Crippen LogP contribution is 2.13. The molecule has 2 aromatic carbocycles. The zero-order chi connectivity index (χ0) is 17.8. The number of carbonyl (C=O) groups is 1. The minimum Gasteiger partial charge on any atom is -0.354 e. The van der Waals surface area contributed by atoms with Crippen molar-refractivity contribution in [3.63, 3.8) is 0 Å². The molecule has 1 N–H and O–H groups in total. The van der Waals surface area contributed by atoms with Gasteiger partial charge in [-0.25, -0.2) is 4.98 Å². The van der Waals surface area contributed by atoms with E-state index in [0.717, 1.165) is 0 Å². The maximum atomic E-state index is 12.6. The Labute approximate surface area is 146 Å². The summed E-state index contributed by atoms with van der Waals surface area (Å²) in [5.74, 6) is 0.553. The summed E-state index contributed by atoms with van der Waals surface area (Å²) in [7, 11) is 0. The average molecular weight is 335 g/mol. The molecule has 0 unspecified atom stereocenters. The Kier molecular flexibility index (Phi) is 4.93. The number of nitrogens with zero attached hydrogens (tertiary/aromatic N) is 2. The molecule has 25 heavy (non-hydrogen) atoms. The Balaban J connectivity index is 1.71.